The van der Waals surface area contributed by atoms with Gasteiger partial charge in [-0.1, -0.05) is 24.3 Å². The fraction of sp³-hybridized carbons (Fsp3) is 0.588. The number of amides is 1. The lowest BCUT2D eigenvalue weighted by Crippen LogP contribution is -2.39. The van der Waals surface area contributed by atoms with Gasteiger partial charge in [0.15, 0.2) is 0 Å². The number of carbonyl (C=O) groups excluding carboxylic acids is 1. The molecule has 0 radical (unpaired) electrons. The van der Waals surface area contributed by atoms with Crippen molar-refractivity contribution in [3.8, 4) is 0 Å². The number of piperidine rings is 1. The summed E-state index contributed by atoms with van der Waals surface area (Å²) in [7, 11) is 0. The molecule has 1 aromatic carbocycles. The van der Waals surface area contributed by atoms with Crippen LogP contribution in [0.4, 0.5) is 0 Å². The van der Waals surface area contributed by atoms with Crippen molar-refractivity contribution < 1.29 is 4.79 Å². The minimum absolute atomic E-state index is 0.315. The molecule has 1 spiro atoms. The van der Waals surface area contributed by atoms with Gasteiger partial charge in [0.2, 0.25) is 5.91 Å². The van der Waals surface area contributed by atoms with Gasteiger partial charge in [-0.05, 0) is 55.3 Å². The van der Waals surface area contributed by atoms with Gasteiger partial charge in [-0.2, -0.15) is 0 Å². The Balaban J connectivity index is 1.46. The standard InChI is InChI=1S/C17H22N2O/c20-16(15-11-17(15)6-8-18-9-7-17)19-10-5-13-3-1-2-4-14(13)12-19/h1-4,15,18H,5-12H2. The van der Waals surface area contributed by atoms with E-state index in [-0.39, 0.29) is 0 Å². The summed E-state index contributed by atoms with van der Waals surface area (Å²) < 4.78 is 0. The van der Waals surface area contributed by atoms with Crippen molar-refractivity contribution in [3.63, 3.8) is 0 Å². The van der Waals surface area contributed by atoms with E-state index in [1.54, 1.807) is 0 Å². The summed E-state index contributed by atoms with van der Waals surface area (Å²) >= 11 is 0. The Kier molecular flexibility index (Phi) is 2.84. The zero-order chi connectivity index (χ0) is 13.6. The summed E-state index contributed by atoms with van der Waals surface area (Å²) in [4.78, 5) is 14.9. The molecule has 2 heterocycles. The third-order valence-corrected chi connectivity index (χ3v) is 5.53. The highest BCUT2D eigenvalue weighted by atomic mass is 16.2. The van der Waals surface area contributed by atoms with E-state index in [1.807, 2.05) is 0 Å². The zero-order valence-corrected chi connectivity index (χ0v) is 11.9. The van der Waals surface area contributed by atoms with Gasteiger partial charge in [0.1, 0.15) is 0 Å². The first kappa shape index (κ1) is 12.4. The Labute approximate surface area is 120 Å². The van der Waals surface area contributed by atoms with Crippen LogP contribution in [0.2, 0.25) is 0 Å². The van der Waals surface area contributed by atoms with Crippen LogP contribution in [0.25, 0.3) is 0 Å². The SMILES string of the molecule is O=C(C1CC12CCNCC2)N1CCc2ccccc2C1. The van der Waals surface area contributed by atoms with Crippen LogP contribution in [-0.4, -0.2) is 30.4 Å². The number of hydrogen-bond donors (Lipinski definition) is 1. The molecule has 1 amide bonds. The molecule has 3 heteroatoms. The number of fused-ring (bicyclic) bond motifs is 1. The van der Waals surface area contributed by atoms with Gasteiger partial charge in [-0.3, -0.25) is 4.79 Å². The van der Waals surface area contributed by atoms with Crippen LogP contribution in [0.15, 0.2) is 24.3 Å². The van der Waals surface area contributed by atoms with Gasteiger partial charge >= 0.3 is 0 Å². The number of benzene rings is 1. The van der Waals surface area contributed by atoms with Crippen LogP contribution >= 0.6 is 0 Å². The van der Waals surface area contributed by atoms with E-state index in [1.165, 1.54) is 24.0 Å². The smallest absolute Gasteiger partial charge is 0.226 e. The van der Waals surface area contributed by atoms with Gasteiger partial charge < -0.3 is 10.2 Å². The first-order valence-corrected chi connectivity index (χ1v) is 7.85. The second-order valence-electron chi connectivity index (χ2n) is 6.65. The van der Waals surface area contributed by atoms with Crippen LogP contribution in [0.3, 0.4) is 0 Å². The highest BCUT2D eigenvalue weighted by molar-refractivity contribution is 5.83. The van der Waals surface area contributed by atoms with E-state index < -0.39 is 0 Å². The van der Waals surface area contributed by atoms with E-state index in [9.17, 15) is 4.79 Å². The molecule has 2 aliphatic heterocycles. The second-order valence-corrected chi connectivity index (χ2v) is 6.65. The molecule has 20 heavy (non-hydrogen) atoms. The van der Waals surface area contributed by atoms with E-state index in [0.717, 1.165) is 39.0 Å². The lowest BCUT2D eigenvalue weighted by molar-refractivity contribution is -0.134. The molecule has 1 aromatic rings. The molecule has 0 aromatic heterocycles. The first-order chi connectivity index (χ1) is 9.78. The maximum Gasteiger partial charge on any atom is 0.226 e. The lowest BCUT2D eigenvalue weighted by Gasteiger charge is -2.31. The van der Waals surface area contributed by atoms with Crippen molar-refractivity contribution in [3.05, 3.63) is 35.4 Å². The molecular weight excluding hydrogens is 248 g/mol. The molecule has 0 bridgehead atoms. The Morgan fingerprint density at radius 2 is 1.95 bits per heavy atom. The van der Waals surface area contributed by atoms with Crippen molar-refractivity contribution in [2.24, 2.45) is 11.3 Å². The Hall–Kier alpha value is -1.35. The van der Waals surface area contributed by atoms with Crippen LogP contribution in [0.5, 0.6) is 0 Å². The summed E-state index contributed by atoms with van der Waals surface area (Å²) in [6, 6.07) is 8.55. The predicted molar refractivity (Wildman–Crippen MR) is 78.2 cm³/mol. The molecule has 1 N–H and O–H groups in total. The topological polar surface area (TPSA) is 32.3 Å². The van der Waals surface area contributed by atoms with E-state index in [2.05, 4.69) is 34.5 Å². The Morgan fingerprint density at radius 1 is 1.20 bits per heavy atom. The van der Waals surface area contributed by atoms with Crippen molar-refractivity contribution in [1.29, 1.82) is 0 Å². The second kappa shape index (κ2) is 4.59. The van der Waals surface area contributed by atoms with Crippen molar-refractivity contribution in [2.45, 2.75) is 32.2 Å². The molecular formula is C17H22N2O. The predicted octanol–water partition coefficient (Wildman–Crippen LogP) is 1.96. The third-order valence-electron chi connectivity index (χ3n) is 5.53. The average Bonchev–Trinajstić information content (AvgIpc) is 3.20. The van der Waals surface area contributed by atoms with E-state index in [4.69, 9.17) is 0 Å². The molecule has 1 saturated carbocycles. The lowest BCUT2D eigenvalue weighted by atomic mass is 9.91. The van der Waals surface area contributed by atoms with Crippen molar-refractivity contribution in [2.75, 3.05) is 19.6 Å². The van der Waals surface area contributed by atoms with E-state index >= 15 is 0 Å². The number of nitrogens with zero attached hydrogens (tertiary/aromatic N) is 1. The minimum atomic E-state index is 0.315. The quantitative estimate of drug-likeness (QED) is 0.846. The highest BCUT2D eigenvalue weighted by Crippen LogP contribution is 2.59. The summed E-state index contributed by atoms with van der Waals surface area (Å²) in [6.07, 6.45) is 4.52. The summed E-state index contributed by atoms with van der Waals surface area (Å²) in [5, 5.41) is 3.41. The maximum atomic E-state index is 12.7. The Bertz CT molecular complexity index is 534. The fourth-order valence-corrected chi connectivity index (χ4v) is 4.08. The number of carbonyl (C=O) groups is 1. The monoisotopic (exact) mass is 270 g/mol. The highest BCUT2D eigenvalue weighted by Gasteiger charge is 2.58. The van der Waals surface area contributed by atoms with E-state index in [0.29, 0.717) is 17.2 Å². The fourth-order valence-electron chi connectivity index (χ4n) is 4.08. The molecule has 1 atom stereocenters. The van der Waals surface area contributed by atoms with Crippen LogP contribution in [0, 0.1) is 11.3 Å². The minimum Gasteiger partial charge on any atom is -0.338 e. The Morgan fingerprint density at radius 3 is 2.75 bits per heavy atom. The van der Waals surface area contributed by atoms with Gasteiger partial charge in [-0.25, -0.2) is 0 Å². The van der Waals surface area contributed by atoms with Gasteiger partial charge in [0, 0.05) is 19.0 Å². The number of rotatable bonds is 1. The summed E-state index contributed by atoms with van der Waals surface area (Å²) in [5.74, 6) is 0.733. The van der Waals surface area contributed by atoms with Crippen LogP contribution < -0.4 is 5.32 Å². The van der Waals surface area contributed by atoms with Crippen molar-refractivity contribution in [1.82, 2.24) is 10.2 Å². The molecule has 106 valence electrons. The van der Waals surface area contributed by atoms with Gasteiger partial charge in [-0.15, -0.1) is 0 Å². The molecule has 3 nitrogen and oxygen atoms in total. The van der Waals surface area contributed by atoms with Gasteiger partial charge in [0.25, 0.3) is 0 Å². The molecule has 1 aliphatic carbocycles. The zero-order valence-electron chi connectivity index (χ0n) is 11.9. The molecule has 4 rings (SSSR count). The van der Waals surface area contributed by atoms with Crippen molar-refractivity contribution >= 4 is 5.91 Å². The number of nitrogens with one attached hydrogen (secondary N) is 1. The van der Waals surface area contributed by atoms with Crippen LogP contribution in [0.1, 0.15) is 30.4 Å². The maximum absolute atomic E-state index is 12.7. The molecule has 3 aliphatic rings. The molecule has 1 unspecified atom stereocenters. The van der Waals surface area contributed by atoms with Crippen LogP contribution in [-0.2, 0) is 17.8 Å². The number of hydrogen-bond acceptors (Lipinski definition) is 2. The average molecular weight is 270 g/mol. The first-order valence-electron chi connectivity index (χ1n) is 7.85. The largest absolute Gasteiger partial charge is 0.338 e. The summed E-state index contributed by atoms with van der Waals surface area (Å²) in [6.45, 7) is 3.90. The third kappa shape index (κ3) is 1.96. The van der Waals surface area contributed by atoms with Gasteiger partial charge in [0.05, 0.1) is 0 Å². The normalized spacial score (nSPS) is 27.2. The molecule has 1 saturated heterocycles. The molecule has 2 fully saturated rings. The summed E-state index contributed by atoms with van der Waals surface area (Å²) in [5.41, 5.74) is 3.12.